The molecule has 1 heterocycles. The van der Waals surface area contributed by atoms with Crippen LogP contribution >= 0.6 is 15.9 Å². The molecule has 1 atom stereocenters. The number of nitrogens with zero attached hydrogens (tertiary/aromatic N) is 1. The van der Waals surface area contributed by atoms with Crippen LogP contribution in [0, 0.1) is 5.92 Å². The number of hydrogen-bond acceptors (Lipinski definition) is 2. The topological polar surface area (TPSA) is 29.5 Å². The number of cyclic esters (lactones) is 1. The Morgan fingerprint density at radius 2 is 2.50 bits per heavy atom. The minimum absolute atomic E-state index is 0.158. The van der Waals surface area contributed by atoms with Crippen LogP contribution in [0.1, 0.15) is 13.3 Å². The zero-order valence-corrected chi connectivity index (χ0v) is 8.84. The quantitative estimate of drug-likeness (QED) is 0.697. The summed E-state index contributed by atoms with van der Waals surface area (Å²) in [5.74, 6) is 0.552. The van der Waals surface area contributed by atoms with Gasteiger partial charge in [-0.15, -0.1) is 0 Å². The zero-order valence-electron chi connectivity index (χ0n) is 7.25. The van der Waals surface area contributed by atoms with Gasteiger partial charge in [0, 0.05) is 11.9 Å². The fourth-order valence-corrected chi connectivity index (χ4v) is 1.85. The molecule has 0 bridgehead atoms. The molecule has 3 nitrogen and oxygen atoms in total. The molecular formula is C8H14BrNO2. The molecule has 4 heteroatoms. The molecule has 12 heavy (non-hydrogen) atoms. The molecule has 1 amide bonds. The van der Waals surface area contributed by atoms with E-state index in [2.05, 4.69) is 22.9 Å². The van der Waals surface area contributed by atoms with Gasteiger partial charge in [0.1, 0.15) is 6.61 Å². The van der Waals surface area contributed by atoms with E-state index >= 15 is 0 Å². The maximum Gasteiger partial charge on any atom is 0.409 e. The summed E-state index contributed by atoms with van der Waals surface area (Å²) < 4.78 is 4.83. The van der Waals surface area contributed by atoms with Crippen molar-refractivity contribution in [3.05, 3.63) is 0 Å². The molecule has 1 aliphatic heterocycles. The Balaban J connectivity index is 2.33. The van der Waals surface area contributed by atoms with E-state index in [1.807, 2.05) is 0 Å². The van der Waals surface area contributed by atoms with E-state index in [4.69, 9.17) is 4.74 Å². The maximum absolute atomic E-state index is 11.0. The summed E-state index contributed by atoms with van der Waals surface area (Å²) in [6.45, 7) is 4.26. The number of alkyl halides is 1. The average Bonchev–Trinajstić information content (AvgIpc) is 2.47. The fourth-order valence-electron chi connectivity index (χ4n) is 1.19. The van der Waals surface area contributed by atoms with E-state index < -0.39 is 0 Å². The highest BCUT2D eigenvalue weighted by Gasteiger charge is 2.23. The second kappa shape index (κ2) is 4.70. The molecular weight excluding hydrogens is 222 g/mol. The van der Waals surface area contributed by atoms with Crippen molar-refractivity contribution in [1.82, 2.24) is 4.90 Å². The van der Waals surface area contributed by atoms with Crippen molar-refractivity contribution in [3.8, 4) is 0 Å². The first-order valence-electron chi connectivity index (χ1n) is 4.25. The first-order chi connectivity index (χ1) is 5.77. The summed E-state index contributed by atoms with van der Waals surface area (Å²) >= 11 is 3.42. The number of amides is 1. The highest BCUT2D eigenvalue weighted by atomic mass is 79.9. The van der Waals surface area contributed by atoms with Crippen LogP contribution in [0.4, 0.5) is 4.79 Å². The summed E-state index contributed by atoms with van der Waals surface area (Å²) in [5.41, 5.74) is 0. The van der Waals surface area contributed by atoms with Gasteiger partial charge in [0.2, 0.25) is 0 Å². The monoisotopic (exact) mass is 235 g/mol. The summed E-state index contributed by atoms with van der Waals surface area (Å²) in [6.07, 6.45) is 0.934. The van der Waals surface area contributed by atoms with E-state index in [0.717, 1.165) is 24.8 Å². The van der Waals surface area contributed by atoms with E-state index in [0.29, 0.717) is 12.5 Å². The summed E-state index contributed by atoms with van der Waals surface area (Å²) in [7, 11) is 0. The third kappa shape index (κ3) is 2.37. The van der Waals surface area contributed by atoms with Crippen LogP contribution in [0.5, 0.6) is 0 Å². The van der Waals surface area contributed by atoms with Gasteiger partial charge in [-0.3, -0.25) is 0 Å². The number of rotatable bonds is 4. The van der Waals surface area contributed by atoms with Crippen LogP contribution < -0.4 is 0 Å². The van der Waals surface area contributed by atoms with Gasteiger partial charge in [0.05, 0.1) is 6.54 Å². The van der Waals surface area contributed by atoms with Crippen LogP contribution in [0.2, 0.25) is 0 Å². The van der Waals surface area contributed by atoms with Crippen LogP contribution in [-0.2, 0) is 4.74 Å². The summed E-state index contributed by atoms with van der Waals surface area (Å²) in [5, 5.41) is 0.952. The Morgan fingerprint density at radius 3 is 2.92 bits per heavy atom. The number of hydrogen-bond donors (Lipinski definition) is 0. The predicted molar refractivity (Wildman–Crippen MR) is 50.5 cm³/mol. The van der Waals surface area contributed by atoms with Crippen LogP contribution in [-0.4, -0.2) is 36.0 Å². The van der Waals surface area contributed by atoms with Gasteiger partial charge in [-0.1, -0.05) is 29.3 Å². The van der Waals surface area contributed by atoms with E-state index in [1.165, 1.54) is 0 Å². The molecule has 70 valence electrons. The average molecular weight is 236 g/mol. The Kier molecular flexibility index (Phi) is 3.85. The number of ether oxygens (including phenoxy) is 1. The Morgan fingerprint density at radius 1 is 1.75 bits per heavy atom. The smallest absolute Gasteiger partial charge is 0.409 e. The highest BCUT2D eigenvalue weighted by molar-refractivity contribution is 9.09. The molecule has 1 saturated heterocycles. The third-order valence-electron chi connectivity index (χ3n) is 2.12. The molecule has 0 aromatic carbocycles. The van der Waals surface area contributed by atoms with Crippen molar-refractivity contribution in [1.29, 1.82) is 0 Å². The molecule has 0 radical (unpaired) electrons. The highest BCUT2D eigenvalue weighted by Crippen LogP contribution is 2.12. The largest absolute Gasteiger partial charge is 0.448 e. The van der Waals surface area contributed by atoms with Crippen LogP contribution in [0.25, 0.3) is 0 Å². The molecule has 1 rings (SSSR count). The molecule has 1 unspecified atom stereocenters. The van der Waals surface area contributed by atoms with Crippen molar-refractivity contribution in [2.45, 2.75) is 13.3 Å². The van der Waals surface area contributed by atoms with Gasteiger partial charge in [-0.25, -0.2) is 4.79 Å². The lowest BCUT2D eigenvalue weighted by atomic mass is 10.1. The standard InChI is InChI=1S/C8H14BrNO2/c1-2-7(5-9)6-10-3-4-12-8(10)11/h7H,2-6H2,1H3. The normalized spacial score (nSPS) is 19.5. The Bertz CT molecular complexity index is 159. The second-order valence-corrected chi connectivity index (χ2v) is 3.64. The van der Waals surface area contributed by atoms with Gasteiger partial charge in [0.25, 0.3) is 0 Å². The van der Waals surface area contributed by atoms with Gasteiger partial charge in [-0.2, -0.15) is 0 Å². The SMILES string of the molecule is CCC(CBr)CN1CCOC1=O. The first kappa shape index (κ1) is 9.84. The Hall–Kier alpha value is -0.250. The number of carbonyl (C=O) groups is 1. The Labute approximate surface area is 81.2 Å². The summed E-state index contributed by atoms with van der Waals surface area (Å²) in [4.78, 5) is 12.8. The van der Waals surface area contributed by atoms with Gasteiger partial charge < -0.3 is 9.64 Å². The van der Waals surface area contributed by atoms with Crippen LogP contribution in [0.3, 0.4) is 0 Å². The van der Waals surface area contributed by atoms with Gasteiger partial charge in [0.15, 0.2) is 0 Å². The van der Waals surface area contributed by atoms with Crippen LogP contribution in [0.15, 0.2) is 0 Å². The second-order valence-electron chi connectivity index (χ2n) is 2.99. The van der Waals surface area contributed by atoms with E-state index in [1.54, 1.807) is 4.90 Å². The minimum Gasteiger partial charge on any atom is -0.448 e. The summed E-state index contributed by atoms with van der Waals surface area (Å²) in [6, 6.07) is 0. The number of halogens is 1. The molecule has 0 aromatic heterocycles. The molecule has 0 spiro atoms. The molecule has 0 aromatic rings. The lowest BCUT2D eigenvalue weighted by Crippen LogP contribution is -2.30. The van der Waals surface area contributed by atoms with Crippen molar-refractivity contribution in [2.24, 2.45) is 5.92 Å². The molecule has 0 N–H and O–H groups in total. The maximum atomic E-state index is 11.0. The van der Waals surface area contributed by atoms with E-state index in [9.17, 15) is 4.79 Å². The predicted octanol–water partition coefficient (Wildman–Crippen LogP) is 1.86. The lowest BCUT2D eigenvalue weighted by molar-refractivity contribution is 0.155. The van der Waals surface area contributed by atoms with Crippen molar-refractivity contribution >= 4 is 22.0 Å². The fraction of sp³-hybridized carbons (Fsp3) is 0.875. The van der Waals surface area contributed by atoms with E-state index in [-0.39, 0.29) is 6.09 Å². The lowest BCUT2D eigenvalue weighted by Gasteiger charge is -2.18. The third-order valence-corrected chi connectivity index (χ3v) is 3.03. The molecule has 1 aliphatic rings. The zero-order chi connectivity index (χ0) is 8.97. The molecule has 0 aliphatic carbocycles. The minimum atomic E-state index is -0.158. The van der Waals surface area contributed by atoms with Gasteiger partial charge in [-0.05, 0) is 5.92 Å². The molecule has 1 fully saturated rings. The van der Waals surface area contributed by atoms with Crippen molar-refractivity contribution in [2.75, 3.05) is 25.0 Å². The van der Waals surface area contributed by atoms with Gasteiger partial charge >= 0.3 is 6.09 Å². The molecule has 0 saturated carbocycles. The first-order valence-corrected chi connectivity index (χ1v) is 5.37. The number of carbonyl (C=O) groups excluding carboxylic acids is 1. The van der Waals surface area contributed by atoms with Crippen molar-refractivity contribution < 1.29 is 9.53 Å². The van der Waals surface area contributed by atoms with Crippen molar-refractivity contribution in [3.63, 3.8) is 0 Å².